The summed E-state index contributed by atoms with van der Waals surface area (Å²) in [4.78, 5) is 28.1. The van der Waals surface area contributed by atoms with E-state index in [4.69, 9.17) is 4.74 Å². The van der Waals surface area contributed by atoms with E-state index in [-0.39, 0.29) is 30.6 Å². The van der Waals surface area contributed by atoms with Crippen molar-refractivity contribution in [2.24, 2.45) is 0 Å². The van der Waals surface area contributed by atoms with E-state index in [1.165, 1.54) is 17.0 Å². The molecule has 32 heavy (non-hydrogen) atoms. The molecule has 0 spiro atoms. The molecule has 0 saturated carbocycles. The minimum absolute atomic E-state index is 0.154. The summed E-state index contributed by atoms with van der Waals surface area (Å²) in [5.41, 5.74) is 1.02. The molecule has 0 atom stereocenters. The van der Waals surface area contributed by atoms with Crippen molar-refractivity contribution >= 4 is 17.5 Å². The highest BCUT2D eigenvalue weighted by molar-refractivity contribution is 6.00. The van der Waals surface area contributed by atoms with E-state index in [0.717, 1.165) is 11.1 Å². The van der Waals surface area contributed by atoms with Crippen LogP contribution < -0.4 is 10.1 Å². The van der Waals surface area contributed by atoms with Gasteiger partial charge in [-0.1, -0.05) is 42.5 Å². The Morgan fingerprint density at radius 3 is 2.12 bits per heavy atom. The molecule has 1 N–H and O–H groups in total. The molecule has 0 aromatic heterocycles. The van der Waals surface area contributed by atoms with Crippen molar-refractivity contribution in [3.63, 3.8) is 0 Å². The molecule has 3 rings (SSSR count). The summed E-state index contributed by atoms with van der Waals surface area (Å²) in [6, 6.07) is 22.3. The lowest BCUT2D eigenvalue weighted by atomic mass is 9.98. The Hall–Kier alpha value is -3.67. The highest BCUT2D eigenvalue weighted by atomic mass is 19.1. The summed E-state index contributed by atoms with van der Waals surface area (Å²) < 4.78 is 18.5. The number of benzene rings is 3. The predicted molar refractivity (Wildman–Crippen MR) is 123 cm³/mol. The monoisotopic (exact) mass is 434 g/mol. The van der Waals surface area contributed by atoms with Gasteiger partial charge in [-0.05, 0) is 61.4 Å². The quantitative estimate of drug-likeness (QED) is 0.553. The van der Waals surface area contributed by atoms with Gasteiger partial charge in [0.25, 0.3) is 0 Å². The molecule has 0 radical (unpaired) electrons. The smallest absolute Gasteiger partial charge is 0.249 e. The van der Waals surface area contributed by atoms with E-state index in [0.29, 0.717) is 11.4 Å². The van der Waals surface area contributed by atoms with Crippen LogP contribution in [0.1, 0.15) is 25.0 Å². The molecule has 0 heterocycles. The van der Waals surface area contributed by atoms with Crippen LogP contribution in [-0.2, 0) is 22.6 Å². The van der Waals surface area contributed by atoms with Gasteiger partial charge in [0.1, 0.15) is 17.1 Å². The Labute approximate surface area is 187 Å². The minimum atomic E-state index is -1.17. The molecule has 3 aromatic rings. The van der Waals surface area contributed by atoms with Crippen LogP contribution >= 0.6 is 0 Å². The normalized spacial score (nSPS) is 11.0. The van der Waals surface area contributed by atoms with E-state index >= 15 is 0 Å². The van der Waals surface area contributed by atoms with Crippen LogP contribution in [-0.4, -0.2) is 29.4 Å². The zero-order valence-corrected chi connectivity index (χ0v) is 18.5. The van der Waals surface area contributed by atoms with Gasteiger partial charge in [0.05, 0.1) is 13.5 Å². The summed E-state index contributed by atoms with van der Waals surface area (Å²) in [5.74, 6) is -0.202. The lowest BCUT2D eigenvalue weighted by Crippen LogP contribution is -2.55. The Kier molecular flexibility index (Phi) is 7.25. The van der Waals surface area contributed by atoms with Gasteiger partial charge in [0, 0.05) is 12.2 Å². The Morgan fingerprint density at radius 1 is 0.906 bits per heavy atom. The number of halogens is 1. The fourth-order valence-corrected chi connectivity index (χ4v) is 3.32. The zero-order chi connectivity index (χ0) is 23.1. The summed E-state index contributed by atoms with van der Waals surface area (Å²) in [6.07, 6.45) is 0.154. The van der Waals surface area contributed by atoms with E-state index in [1.807, 2.05) is 30.3 Å². The van der Waals surface area contributed by atoms with Crippen molar-refractivity contribution in [1.29, 1.82) is 0 Å². The molecule has 0 aliphatic rings. The van der Waals surface area contributed by atoms with Gasteiger partial charge in [-0.3, -0.25) is 9.59 Å². The topological polar surface area (TPSA) is 58.6 Å². The summed E-state index contributed by atoms with van der Waals surface area (Å²) in [6.45, 7) is 3.59. The maximum Gasteiger partial charge on any atom is 0.249 e. The first-order valence-electron chi connectivity index (χ1n) is 10.3. The molecule has 0 aliphatic carbocycles. The van der Waals surface area contributed by atoms with Crippen molar-refractivity contribution in [2.45, 2.75) is 32.4 Å². The molecule has 0 fully saturated rings. The first-order valence-corrected chi connectivity index (χ1v) is 10.3. The van der Waals surface area contributed by atoms with Gasteiger partial charge < -0.3 is 15.0 Å². The highest BCUT2D eigenvalue weighted by Crippen LogP contribution is 2.23. The molecule has 166 valence electrons. The number of methoxy groups -OCH3 is 1. The van der Waals surface area contributed by atoms with E-state index in [2.05, 4.69) is 5.32 Å². The average Bonchev–Trinajstić information content (AvgIpc) is 2.79. The fraction of sp³-hybridized carbons (Fsp3) is 0.231. The van der Waals surface area contributed by atoms with Crippen LogP contribution in [0.2, 0.25) is 0 Å². The van der Waals surface area contributed by atoms with Crippen LogP contribution in [0.4, 0.5) is 10.1 Å². The predicted octanol–water partition coefficient (Wildman–Crippen LogP) is 4.82. The number of nitrogens with zero attached hydrogens (tertiary/aromatic N) is 1. The molecule has 0 aliphatic heterocycles. The SMILES string of the molecule is COc1ccc(NC(=O)C(C)(C)N(Cc2ccc(F)cc2)C(=O)Cc2ccccc2)cc1. The Balaban J connectivity index is 1.85. The number of nitrogens with one attached hydrogen (secondary N) is 1. The van der Waals surface area contributed by atoms with Crippen LogP contribution in [0.15, 0.2) is 78.9 Å². The van der Waals surface area contributed by atoms with Gasteiger partial charge in [-0.15, -0.1) is 0 Å². The van der Waals surface area contributed by atoms with Crippen LogP contribution in [0.5, 0.6) is 5.75 Å². The molecule has 0 saturated heterocycles. The number of ether oxygens (including phenoxy) is 1. The Bertz CT molecular complexity index is 1050. The highest BCUT2D eigenvalue weighted by Gasteiger charge is 2.37. The molecule has 0 bridgehead atoms. The van der Waals surface area contributed by atoms with Gasteiger partial charge in [-0.2, -0.15) is 0 Å². The lowest BCUT2D eigenvalue weighted by molar-refractivity contribution is -0.144. The van der Waals surface area contributed by atoms with Crippen LogP contribution in [0.3, 0.4) is 0 Å². The van der Waals surface area contributed by atoms with E-state index in [9.17, 15) is 14.0 Å². The van der Waals surface area contributed by atoms with Crippen molar-refractivity contribution < 1.29 is 18.7 Å². The number of hydrogen-bond acceptors (Lipinski definition) is 3. The third-order valence-corrected chi connectivity index (χ3v) is 5.33. The van der Waals surface area contributed by atoms with Crippen LogP contribution in [0, 0.1) is 5.82 Å². The van der Waals surface area contributed by atoms with Crippen molar-refractivity contribution in [3.05, 3.63) is 95.8 Å². The fourth-order valence-electron chi connectivity index (χ4n) is 3.32. The van der Waals surface area contributed by atoms with Crippen molar-refractivity contribution in [1.82, 2.24) is 4.90 Å². The van der Waals surface area contributed by atoms with Crippen molar-refractivity contribution in [2.75, 3.05) is 12.4 Å². The van der Waals surface area contributed by atoms with Gasteiger partial charge in [0.15, 0.2) is 0 Å². The van der Waals surface area contributed by atoms with Crippen molar-refractivity contribution in [3.8, 4) is 5.75 Å². The zero-order valence-electron chi connectivity index (χ0n) is 18.5. The minimum Gasteiger partial charge on any atom is -0.497 e. The standard InChI is InChI=1S/C26H27FN2O3/c1-26(2,25(31)28-22-13-15-23(32-3)16-14-22)29(18-20-9-11-21(27)12-10-20)24(30)17-19-7-5-4-6-8-19/h4-16H,17-18H2,1-3H3,(H,28,31). The summed E-state index contributed by atoms with van der Waals surface area (Å²) in [5, 5.41) is 2.88. The average molecular weight is 435 g/mol. The largest absolute Gasteiger partial charge is 0.497 e. The molecule has 5 nitrogen and oxygen atoms in total. The Morgan fingerprint density at radius 2 is 1.53 bits per heavy atom. The number of carbonyl (C=O) groups excluding carboxylic acids is 2. The second-order valence-corrected chi connectivity index (χ2v) is 8.01. The lowest BCUT2D eigenvalue weighted by Gasteiger charge is -2.37. The van der Waals surface area contributed by atoms with Gasteiger partial charge in [-0.25, -0.2) is 4.39 Å². The summed E-state index contributed by atoms with van der Waals surface area (Å²) >= 11 is 0. The number of rotatable bonds is 8. The summed E-state index contributed by atoms with van der Waals surface area (Å²) in [7, 11) is 1.57. The first-order chi connectivity index (χ1) is 15.3. The molecule has 6 heteroatoms. The molecule has 3 aromatic carbocycles. The number of amides is 2. The second kappa shape index (κ2) is 10.1. The van der Waals surface area contributed by atoms with Gasteiger partial charge >= 0.3 is 0 Å². The number of hydrogen-bond donors (Lipinski definition) is 1. The molecule has 2 amide bonds. The van der Waals surface area contributed by atoms with E-state index < -0.39 is 5.54 Å². The number of anilines is 1. The van der Waals surface area contributed by atoms with E-state index in [1.54, 1.807) is 57.4 Å². The maximum atomic E-state index is 13.4. The third-order valence-electron chi connectivity index (χ3n) is 5.33. The number of carbonyl (C=O) groups is 2. The second-order valence-electron chi connectivity index (χ2n) is 8.01. The molecular weight excluding hydrogens is 407 g/mol. The van der Waals surface area contributed by atoms with Gasteiger partial charge in [0.2, 0.25) is 11.8 Å². The first kappa shape index (κ1) is 23.0. The molecular formula is C26H27FN2O3. The molecule has 0 unspecified atom stereocenters. The maximum absolute atomic E-state index is 13.4. The third kappa shape index (κ3) is 5.72. The van der Waals surface area contributed by atoms with Crippen LogP contribution in [0.25, 0.3) is 0 Å².